The Bertz CT molecular complexity index is 697. The fourth-order valence-corrected chi connectivity index (χ4v) is 2.86. The minimum absolute atomic E-state index is 0.705. The number of halogens is 1. The predicted molar refractivity (Wildman–Crippen MR) is 84.1 cm³/mol. The zero-order valence-corrected chi connectivity index (χ0v) is 12.2. The van der Waals surface area contributed by atoms with Crippen molar-refractivity contribution in [2.45, 2.75) is 6.54 Å². The molecule has 0 saturated carbocycles. The Morgan fingerprint density at radius 1 is 1.20 bits per heavy atom. The Morgan fingerprint density at radius 3 is 2.90 bits per heavy atom. The second-order valence-corrected chi connectivity index (χ2v) is 5.55. The summed E-state index contributed by atoms with van der Waals surface area (Å²) in [4.78, 5) is 9.47. The fraction of sp³-hybridized carbons (Fsp3) is 0.0667. The summed E-state index contributed by atoms with van der Waals surface area (Å²) in [5.74, 6) is 0. The molecule has 0 amide bonds. The van der Waals surface area contributed by atoms with Gasteiger partial charge in [-0.05, 0) is 17.7 Å². The highest BCUT2D eigenvalue weighted by atomic mass is 35.5. The van der Waals surface area contributed by atoms with E-state index in [2.05, 4.69) is 26.7 Å². The molecule has 0 aliphatic rings. The molecule has 0 aliphatic heterocycles. The van der Waals surface area contributed by atoms with E-state index < -0.39 is 0 Å². The van der Waals surface area contributed by atoms with Crippen molar-refractivity contribution >= 4 is 28.6 Å². The summed E-state index contributed by atoms with van der Waals surface area (Å²) in [6, 6.07) is 9.91. The average Bonchev–Trinajstić information content (AvgIpc) is 2.96. The van der Waals surface area contributed by atoms with E-state index in [9.17, 15) is 0 Å². The molecule has 5 heteroatoms. The van der Waals surface area contributed by atoms with Crippen LogP contribution in [0.5, 0.6) is 0 Å². The molecule has 3 aromatic rings. The van der Waals surface area contributed by atoms with Crippen molar-refractivity contribution < 1.29 is 0 Å². The van der Waals surface area contributed by atoms with Gasteiger partial charge in [-0.2, -0.15) is 0 Å². The molecule has 0 aliphatic carbocycles. The average molecular weight is 302 g/mol. The lowest BCUT2D eigenvalue weighted by Crippen LogP contribution is -1.98. The third kappa shape index (κ3) is 2.98. The Hall–Kier alpha value is -1.91. The van der Waals surface area contributed by atoms with Gasteiger partial charge < -0.3 is 5.32 Å². The number of nitrogens with zero attached hydrogens (tertiary/aromatic N) is 2. The molecule has 0 bridgehead atoms. The van der Waals surface area contributed by atoms with Crippen LogP contribution < -0.4 is 5.32 Å². The van der Waals surface area contributed by atoms with E-state index in [0.717, 1.165) is 26.8 Å². The molecular weight excluding hydrogens is 290 g/mol. The number of hydrogen-bond donors (Lipinski definition) is 1. The van der Waals surface area contributed by atoms with E-state index in [1.807, 2.05) is 24.3 Å². The zero-order valence-electron chi connectivity index (χ0n) is 10.6. The molecular formula is C15H12ClN3S. The summed E-state index contributed by atoms with van der Waals surface area (Å²) in [5, 5.41) is 6.22. The van der Waals surface area contributed by atoms with Crippen molar-refractivity contribution in [2.24, 2.45) is 0 Å². The van der Waals surface area contributed by atoms with Gasteiger partial charge in [-0.25, -0.2) is 0 Å². The molecule has 3 nitrogen and oxygen atoms in total. The summed E-state index contributed by atoms with van der Waals surface area (Å²) >= 11 is 7.78. The van der Waals surface area contributed by atoms with Crippen LogP contribution in [-0.4, -0.2) is 9.97 Å². The monoisotopic (exact) mass is 301 g/mol. The number of thiophene rings is 1. The largest absolute Gasteiger partial charge is 0.380 e. The summed E-state index contributed by atoms with van der Waals surface area (Å²) in [6.45, 7) is 0.705. The van der Waals surface area contributed by atoms with Gasteiger partial charge in [0.25, 0.3) is 0 Å². The van der Waals surface area contributed by atoms with Crippen molar-refractivity contribution in [3.05, 3.63) is 64.9 Å². The van der Waals surface area contributed by atoms with Crippen molar-refractivity contribution in [1.82, 2.24) is 9.97 Å². The minimum Gasteiger partial charge on any atom is -0.380 e. The first kappa shape index (κ1) is 13.1. The van der Waals surface area contributed by atoms with Crippen molar-refractivity contribution in [1.29, 1.82) is 0 Å². The maximum absolute atomic E-state index is 6.14. The van der Waals surface area contributed by atoms with Gasteiger partial charge in [0.1, 0.15) is 0 Å². The van der Waals surface area contributed by atoms with E-state index in [0.29, 0.717) is 6.54 Å². The molecule has 1 aromatic carbocycles. The molecule has 0 radical (unpaired) electrons. The number of aromatic nitrogens is 2. The van der Waals surface area contributed by atoms with Crippen molar-refractivity contribution in [3.63, 3.8) is 0 Å². The third-order valence-corrected chi connectivity index (χ3v) is 4.18. The van der Waals surface area contributed by atoms with Crippen LogP contribution in [0.25, 0.3) is 10.6 Å². The molecule has 100 valence electrons. The maximum Gasteiger partial charge on any atom is 0.0985 e. The number of benzene rings is 1. The van der Waals surface area contributed by atoms with E-state index in [-0.39, 0.29) is 0 Å². The van der Waals surface area contributed by atoms with Crippen LogP contribution in [0.3, 0.4) is 0 Å². The van der Waals surface area contributed by atoms with Gasteiger partial charge in [-0.15, -0.1) is 11.3 Å². The van der Waals surface area contributed by atoms with E-state index in [4.69, 9.17) is 11.6 Å². The van der Waals surface area contributed by atoms with Gasteiger partial charge in [0.15, 0.2) is 0 Å². The Balaban J connectivity index is 1.71. The third-order valence-electron chi connectivity index (χ3n) is 2.86. The van der Waals surface area contributed by atoms with E-state index >= 15 is 0 Å². The summed E-state index contributed by atoms with van der Waals surface area (Å²) in [5.41, 5.74) is 3.04. The molecule has 2 aromatic heterocycles. The molecule has 0 spiro atoms. The van der Waals surface area contributed by atoms with Gasteiger partial charge in [-0.1, -0.05) is 29.8 Å². The SMILES string of the molecule is Clc1ccccc1CNc1csc(-c2cnccn2)c1. The molecule has 0 saturated heterocycles. The lowest BCUT2D eigenvalue weighted by Gasteiger charge is -2.05. The van der Waals surface area contributed by atoms with Crippen LogP contribution in [0.1, 0.15) is 5.56 Å². The molecule has 3 rings (SSSR count). The highest BCUT2D eigenvalue weighted by molar-refractivity contribution is 7.14. The Labute approximate surface area is 126 Å². The molecule has 0 atom stereocenters. The highest BCUT2D eigenvalue weighted by Gasteiger charge is 2.04. The van der Waals surface area contributed by atoms with Crippen LogP contribution in [-0.2, 0) is 6.54 Å². The minimum atomic E-state index is 0.705. The molecule has 2 heterocycles. The number of rotatable bonds is 4. The van der Waals surface area contributed by atoms with Crippen LogP contribution in [0.4, 0.5) is 5.69 Å². The first-order valence-corrected chi connectivity index (χ1v) is 7.41. The lowest BCUT2D eigenvalue weighted by atomic mass is 10.2. The second kappa shape index (κ2) is 6.03. The van der Waals surface area contributed by atoms with Gasteiger partial charge in [-0.3, -0.25) is 9.97 Å². The van der Waals surface area contributed by atoms with E-state index in [1.165, 1.54) is 0 Å². The Morgan fingerprint density at radius 2 is 2.10 bits per heavy atom. The Kier molecular flexibility index (Phi) is 3.95. The maximum atomic E-state index is 6.14. The summed E-state index contributed by atoms with van der Waals surface area (Å²) in [7, 11) is 0. The van der Waals surface area contributed by atoms with Crippen LogP contribution in [0.15, 0.2) is 54.3 Å². The standard InChI is InChI=1S/C15H12ClN3S/c16-13-4-2-1-3-11(13)8-19-12-7-15(20-10-12)14-9-17-5-6-18-14/h1-7,9-10,19H,8H2. The number of nitrogens with one attached hydrogen (secondary N) is 1. The smallest absolute Gasteiger partial charge is 0.0985 e. The number of hydrogen-bond acceptors (Lipinski definition) is 4. The fourth-order valence-electron chi connectivity index (χ4n) is 1.83. The van der Waals surface area contributed by atoms with Crippen LogP contribution in [0, 0.1) is 0 Å². The van der Waals surface area contributed by atoms with Crippen molar-refractivity contribution in [3.8, 4) is 10.6 Å². The predicted octanol–water partition coefficient (Wildman–Crippen LogP) is 4.47. The lowest BCUT2D eigenvalue weighted by molar-refractivity contribution is 1.15. The molecule has 20 heavy (non-hydrogen) atoms. The zero-order chi connectivity index (χ0) is 13.8. The summed E-state index contributed by atoms with van der Waals surface area (Å²) in [6.07, 6.45) is 5.14. The van der Waals surface area contributed by atoms with E-state index in [1.54, 1.807) is 29.9 Å². The summed E-state index contributed by atoms with van der Waals surface area (Å²) < 4.78 is 0. The second-order valence-electron chi connectivity index (χ2n) is 4.24. The van der Waals surface area contributed by atoms with Gasteiger partial charge in [0, 0.05) is 35.0 Å². The first-order chi connectivity index (χ1) is 9.83. The quantitative estimate of drug-likeness (QED) is 0.772. The van der Waals surface area contributed by atoms with Gasteiger partial charge in [0.05, 0.1) is 16.8 Å². The van der Waals surface area contributed by atoms with Crippen LogP contribution >= 0.6 is 22.9 Å². The topological polar surface area (TPSA) is 37.8 Å². The van der Waals surface area contributed by atoms with Gasteiger partial charge in [0.2, 0.25) is 0 Å². The normalized spacial score (nSPS) is 10.4. The molecule has 1 N–H and O–H groups in total. The highest BCUT2D eigenvalue weighted by Crippen LogP contribution is 2.28. The van der Waals surface area contributed by atoms with Crippen LogP contribution in [0.2, 0.25) is 5.02 Å². The molecule has 0 unspecified atom stereocenters. The number of anilines is 1. The molecule has 0 fully saturated rings. The van der Waals surface area contributed by atoms with Crippen molar-refractivity contribution in [2.75, 3.05) is 5.32 Å². The first-order valence-electron chi connectivity index (χ1n) is 6.15. The van der Waals surface area contributed by atoms with Gasteiger partial charge >= 0.3 is 0 Å².